The van der Waals surface area contributed by atoms with Crippen molar-refractivity contribution in [3.8, 4) is 11.4 Å². The Labute approximate surface area is 183 Å². The zero-order chi connectivity index (χ0) is 22.0. The number of methoxy groups -OCH3 is 1. The minimum absolute atomic E-state index is 0.0382. The summed E-state index contributed by atoms with van der Waals surface area (Å²) in [4.78, 5) is 17.3. The third-order valence-corrected chi connectivity index (χ3v) is 5.89. The van der Waals surface area contributed by atoms with Gasteiger partial charge in [0.25, 0.3) is 0 Å². The monoisotopic (exact) mass is 418 g/mol. The molecule has 0 bridgehead atoms. The second-order valence-corrected chi connectivity index (χ2v) is 9.09. The Morgan fingerprint density at radius 3 is 2.71 bits per heavy atom. The molecule has 0 spiro atoms. The molecule has 3 aromatic rings. The van der Waals surface area contributed by atoms with Crippen LogP contribution in [0.25, 0.3) is 5.69 Å². The van der Waals surface area contributed by atoms with Crippen LogP contribution in [0.2, 0.25) is 0 Å². The lowest BCUT2D eigenvalue weighted by Gasteiger charge is -2.36. The van der Waals surface area contributed by atoms with Crippen molar-refractivity contribution in [1.82, 2.24) is 20.1 Å². The lowest BCUT2D eigenvalue weighted by atomic mass is 9.74. The molecule has 1 aliphatic carbocycles. The number of aromatic nitrogens is 3. The van der Waals surface area contributed by atoms with Gasteiger partial charge in [0.05, 0.1) is 30.7 Å². The molecule has 4 rings (SSSR count). The van der Waals surface area contributed by atoms with E-state index in [0.29, 0.717) is 12.8 Å². The second-order valence-electron chi connectivity index (χ2n) is 9.09. The Hall–Kier alpha value is -3.15. The fraction of sp³-hybridized carbons (Fsp3) is 0.400. The van der Waals surface area contributed by atoms with E-state index < -0.39 is 0 Å². The number of hydrogen-bond acceptors (Lipinski definition) is 4. The maximum Gasteiger partial charge on any atom is 0.220 e. The predicted octanol–water partition coefficient (Wildman–Crippen LogP) is 4.35. The number of amides is 1. The molecule has 2 aromatic heterocycles. The molecule has 1 unspecified atom stereocenters. The zero-order valence-electron chi connectivity index (χ0n) is 18.7. The summed E-state index contributed by atoms with van der Waals surface area (Å²) in [6.07, 6.45) is 4.77. The van der Waals surface area contributed by atoms with E-state index in [9.17, 15) is 4.79 Å². The Balaban J connectivity index is 1.52. The summed E-state index contributed by atoms with van der Waals surface area (Å²) in [7, 11) is 1.66. The molecule has 0 radical (unpaired) electrons. The summed E-state index contributed by atoms with van der Waals surface area (Å²) in [6.45, 7) is 6.46. The van der Waals surface area contributed by atoms with E-state index in [0.717, 1.165) is 46.9 Å². The number of benzene rings is 1. The Morgan fingerprint density at radius 2 is 2.00 bits per heavy atom. The van der Waals surface area contributed by atoms with Gasteiger partial charge in [0.2, 0.25) is 5.91 Å². The lowest BCUT2D eigenvalue weighted by molar-refractivity contribution is -0.122. The van der Waals surface area contributed by atoms with E-state index in [1.807, 2.05) is 60.3 Å². The van der Waals surface area contributed by atoms with Gasteiger partial charge >= 0.3 is 0 Å². The first-order chi connectivity index (χ1) is 14.8. The van der Waals surface area contributed by atoms with Gasteiger partial charge in [0.15, 0.2) is 0 Å². The standard InChI is InChI=1S/C25H30N4O2/c1-17-6-5-7-18(27-17)8-13-24(30)28-22-14-25(2,3)15-23-21(22)16-26-29(23)19-9-11-20(31-4)12-10-19/h5-7,9-12,16,22H,8,13-15H2,1-4H3,(H,28,30). The van der Waals surface area contributed by atoms with E-state index in [1.54, 1.807) is 7.11 Å². The van der Waals surface area contributed by atoms with Gasteiger partial charge in [-0.2, -0.15) is 5.10 Å². The topological polar surface area (TPSA) is 69.0 Å². The fourth-order valence-electron chi connectivity index (χ4n) is 4.36. The van der Waals surface area contributed by atoms with Crippen molar-refractivity contribution in [2.45, 2.75) is 52.5 Å². The summed E-state index contributed by atoms with van der Waals surface area (Å²) in [5, 5.41) is 7.92. The Morgan fingerprint density at radius 1 is 1.23 bits per heavy atom. The number of hydrogen-bond donors (Lipinski definition) is 1. The van der Waals surface area contributed by atoms with E-state index in [4.69, 9.17) is 4.74 Å². The third kappa shape index (κ3) is 4.79. The largest absolute Gasteiger partial charge is 0.497 e. The first kappa shape index (κ1) is 21.1. The van der Waals surface area contributed by atoms with Crippen LogP contribution in [-0.4, -0.2) is 27.8 Å². The van der Waals surface area contributed by atoms with Crippen molar-refractivity contribution in [3.05, 3.63) is 71.3 Å². The van der Waals surface area contributed by atoms with Crippen LogP contribution >= 0.6 is 0 Å². The summed E-state index contributed by atoms with van der Waals surface area (Å²) >= 11 is 0. The van der Waals surface area contributed by atoms with Crippen molar-refractivity contribution >= 4 is 5.91 Å². The van der Waals surface area contributed by atoms with E-state index in [1.165, 1.54) is 0 Å². The smallest absolute Gasteiger partial charge is 0.220 e. The van der Waals surface area contributed by atoms with Gasteiger partial charge in [0, 0.05) is 23.4 Å². The van der Waals surface area contributed by atoms with Crippen molar-refractivity contribution in [2.24, 2.45) is 5.41 Å². The van der Waals surface area contributed by atoms with Gasteiger partial charge < -0.3 is 10.1 Å². The quantitative estimate of drug-likeness (QED) is 0.646. The maximum atomic E-state index is 12.8. The third-order valence-electron chi connectivity index (χ3n) is 5.89. The molecule has 0 aliphatic heterocycles. The van der Waals surface area contributed by atoms with Crippen molar-refractivity contribution in [3.63, 3.8) is 0 Å². The van der Waals surface area contributed by atoms with Crippen LogP contribution in [0.15, 0.2) is 48.7 Å². The molecule has 6 heteroatoms. The normalized spacial score (nSPS) is 17.1. The molecular formula is C25H30N4O2. The fourth-order valence-corrected chi connectivity index (χ4v) is 4.36. The number of ether oxygens (including phenoxy) is 1. The summed E-state index contributed by atoms with van der Waals surface area (Å²) < 4.78 is 7.26. The summed E-state index contributed by atoms with van der Waals surface area (Å²) in [5.41, 5.74) is 5.25. The van der Waals surface area contributed by atoms with Crippen LogP contribution in [-0.2, 0) is 17.6 Å². The highest BCUT2D eigenvalue weighted by Gasteiger charge is 2.36. The second kappa shape index (κ2) is 8.53. The summed E-state index contributed by atoms with van der Waals surface area (Å²) in [5.74, 6) is 0.868. The Bertz CT molecular complexity index is 1070. The molecule has 1 atom stereocenters. The number of nitrogens with one attached hydrogen (secondary N) is 1. The van der Waals surface area contributed by atoms with Crippen LogP contribution in [0.1, 0.15) is 55.4 Å². The van der Waals surface area contributed by atoms with Crippen molar-refractivity contribution in [2.75, 3.05) is 7.11 Å². The highest BCUT2D eigenvalue weighted by Crippen LogP contribution is 2.41. The van der Waals surface area contributed by atoms with Crippen LogP contribution in [0, 0.1) is 12.3 Å². The molecule has 31 heavy (non-hydrogen) atoms. The van der Waals surface area contributed by atoms with E-state index >= 15 is 0 Å². The molecule has 0 saturated heterocycles. The molecule has 1 aliphatic rings. The lowest BCUT2D eigenvalue weighted by Crippen LogP contribution is -2.36. The molecule has 0 fully saturated rings. The average molecular weight is 419 g/mol. The zero-order valence-corrected chi connectivity index (χ0v) is 18.7. The number of rotatable bonds is 6. The molecule has 1 amide bonds. The van der Waals surface area contributed by atoms with Crippen LogP contribution in [0.5, 0.6) is 5.75 Å². The van der Waals surface area contributed by atoms with Gasteiger partial charge in [-0.1, -0.05) is 19.9 Å². The van der Waals surface area contributed by atoms with Crippen LogP contribution in [0.4, 0.5) is 0 Å². The minimum Gasteiger partial charge on any atom is -0.497 e. The van der Waals surface area contributed by atoms with Gasteiger partial charge in [-0.15, -0.1) is 0 Å². The molecule has 0 saturated carbocycles. The van der Waals surface area contributed by atoms with Gasteiger partial charge in [-0.3, -0.25) is 9.78 Å². The molecule has 2 heterocycles. The average Bonchev–Trinajstić information content (AvgIpc) is 3.15. The predicted molar refractivity (Wildman–Crippen MR) is 120 cm³/mol. The van der Waals surface area contributed by atoms with E-state index in [2.05, 4.69) is 29.2 Å². The van der Waals surface area contributed by atoms with Crippen LogP contribution in [0.3, 0.4) is 0 Å². The van der Waals surface area contributed by atoms with Gasteiger partial charge in [-0.25, -0.2) is 4.68 Å². The van der Waals surface area contributed by atoms with Gasteiger partial charge in [0.1, 0.15) is 5.75 Å². The minimum atomic E-state index is -0.0382. The number of aryl methyl sites for hydroxylation is 2. The molecule has 6 nitrogen and oxygen atoms in total. The highest BCUT2D eigenvalue weighted by molar-refractivity contribution is 5.76. The molecule has 1 aromatic carbocycles. The first-order valence-corrected chi connectivity index (χ1v) is 10.8. The molecular weight excluding hydrogens is 388 g/mol. The first-order valence-electron chi connectivity index (χ1n) is 10.8. The molecule has 1 N–H and O–H groups in total. The molecule has 162 valence electrons. The highest BCUT2D eigenvalue weighted by atomic mass is 16.5. The van der Waals surface area contributed by atoms with Gasteiger partial charge in [-0.05, 0) is 68.0 Å². The number of nitrogens with zero attached hydrogens (tertiary/aromatic N) is 3. The number of fused-ring (bicyclic) bond motifs is 1. The van der Waals surface area contributed by atoms with E-state index in [-0.39, 0.29) is 17.4 Å². The maximum absolute atomic E-state index is 12.8. The summed E-state index contributed by atoms with van der Waals surface area (Å²) in [6, 6.07) is 13.8. The SMILES string of the molecule is COc1ccc(-n2ncc3c2CC(C)(C)CC3NC(=O)CCc2cccc(C)n2)cc1. The number of pyridine rings is 1. The van der Waals surface area contributed by atoms with Crippen molar-refractivity contribution < 1.29 is 9.53 Å². The van der Waals surface area contributed by atoms with Crippen LogP contribution < -0.4 is 10.1 Å². The van der Waals surface area contributed by atoms with Crippen molar-refractivity contribution in [1.29, 1.82) is 0 Å². The number of carbonyl (C=O) groups excluding carboxylic acids is 1. The number of carbonyl (C=O) groups is 1. The Kier molecular flexibility index (Phi) is 5.81.